The summed E-state index contributed by atoms with van der Waals surface area (Å²) in [7, 11) is 0. The number of ether oxygens (including phenoxy) is 1. The van der Waals surface area contributed by atoms with E-state index in [1.165, 1.54) is 0 Å². The van der Waals surface area contributed by atoms with Crippen LogP contribution < -0.4 is 0 Å². The van der Waals surface area contributed by atoms with E-state index in [0.717, 1.165) is 37.9 Å². The van der Waals surface area contributed by atoms with Gasteiger partial charge in [0.15, 0.2) is 12.0 Å². The molecule has 1 saturated heterocycles. The highest BCUT2D eigenvalue weighted by Gasteiger charge is 2.26. The van der Waals surface area contributed by atoms with Gasteiger partial charge in [-0.25, -0.2) is 0 Å². The van der Waals surface area contributed by atoms with Gasteiger partial charge >= 0.3 is 5.97 Å². The van der Waals surface area contributed by atoms with E-state index in [-0.39, 0.29) is 30.4 Å². The zero-order valence-corrected chi connectivity index (χ0v) is 17.3. The van der Waals surface area contributed by atoms with Crippen LogP contribution in [-0.2, 0) is 9.53 Å². The van der Waals surface area contributed by atoms with Gasteiger partial charge in [-0.2, -0.15) is 0 Å². The van der Waals surface area contributed by atoms with Crippen molar-refractivity contribution in [1.82, 2.24) is 4.90 Å². The van der Waals surface area contributed by atoms with Crippen molar-refractivity contribution in [2.24, 2.45) is 0 Å². The van der Waals surface area contributed by atoms with Crippen LogP contribution >= 0.6 is 12.4 Å². The summed E-state index contributed by atoms with van der Waals surface area (Å²) < 4.78 is 5.79. The van der Waals surface area contributed by atoms with Crippen molar-refractivity contribution in [3.8, 4) is 0 Å². The number of likely N-dealkylation sites (tertiary alicyclic amines) is 1. The molecular weight excluding hydrogens is 374 g/mol. The number of carbonyl (C=O) groups excluding carboxylic acids is 2. The third-order valence-electron chi connectivity index (χ3n) is 5.19. The Bertz CT molecular complexity index is 787. The largest absolute Gasteiger partial charge is 0.446 e. The van der Waals surface area contributed by atoms with E-state index < -0.39 is 5.92 Å². The van der Waals surface area contributed by atoms with Gasteiger partial charge < -0.3 is 4.74 Å². The number of carbonyl (C=O) groups is 2. The van der Waals surface area contributed by atoms with Gasteiger partial charge in [-0.15, -0.1) is 12.4 Å². The predicted octanol–water partition coefficient (Wildman–Crippen LogP) is 4.82. The summed E-state index contributed by atoms with van der Waals surface area (Å²) >= 11 is 0. The van der Waals surface area contributed by atoms with Crippen molar-refractivity contribution >= 4 is 24.2 Å². The molecule has 0 amide bonds. The molecule has 0 saturated carbocycles. The number of hydrogen-bond acceptors (Lipinski definition) is 4. The van der Waals surface area contributed by atoms with Gasteiger partial charge in [0.1, 0.15) is 0 Å². The summed E-state index contributed by atoms with van der Waals surface area (Å²) in [5, 5.41) is 0. The molecule has 0 N–H and O–H groups in total. The first-order valence-electron chi connectivity index (χ1n) is 9.74. The minimum absolute atomic E-state index is 0. The van der Waals surface area contributed by atoms with Crippen molar-refractivity contribution in [3.63, 3.8) is 0 Å². The molecule has 0 radical (unpaired) electrons. The molecular formula is C23H28ClNO3. The van der Waals surface area contributed by atoms with Gasteiger partial charge in [0, 0.05) is 24.2 Å². The number of benzene rings is 2. The van der Waals surface area contributed by atoms with Gasteiger partial charge in [0.05, 0.1) is 5.92 Å². The Morgan fingerprint density at radius 3 is 2.29 bits per heavy atom. The standard InChI is InChI=1S/C23H27NO3.ClH/c1-3-21(24-14-7-8-15-24)27-23(26)17(2)19-12-9-13-20(16-19)22(25)18-10-5-4-6-11-18;/h4-6,9-13,16-17,21H,3,7-8,14-15H2,1-2H3;1H. The fourth-order valence-electron chi connectivity index (χ4n) is 3.52. The summed E-state index contributed by atoms with van der Waals surface area (Å²) in [6.07, 6.45) is 2.95. The summed E-state index contributed by atoms with van der Waals surface area (Å²) in [5.41, 5.74) is 2.04. The quantitative estimate of drug-likeness (QED) is 0.493. The van der Waals surface area contributed by atoms with Gasteiger partial charge in [0.25, 0.3) is 0 Å². The van der Waals surface area contributed by atoms with Crippen molar-refractivity contribution in [2.75, 3.05) is 13.1 Å². The fourth-order valence-corrected chi connectivity index (χ4v) is 3.52. The highest BCUT2D eigenvalue weighted by molar-refractivity contribution is 6.09. The number of hydrogen-bond donors (Lipinski definition) is 0. The van der Waals surface area contributed by atoms with Crippen molar-refractivity contribution in [3.05, 3.63) is 71.3 Å². The number of rotatable bonds is 7. The first-order valence-corrected chi connectivity index (χ1v) is 9.74. The van der Waals surface area contributed by atoms with Crippen LogP contribution in [0, 0.1) is 0 Å². The maximum Gasteiger partial charge on any atom is 0.314 e. The molecule has 0 bridgehead atoms. The molecule has 1 aliphatic rings. The maximum atomic E-state index is 12.7. The van der Waals surface area contributed by atoms with Crippen LogP contribution in [0.1, 0.15) is 60.5 Å². The first-order chi connectivity index (χ1) is 13.1. The third-order valence-corrected chi connectivity index (χ3v) is 5.19. The Kier molecular flexibility index (Phi) is 8.21. The van der Waals surface area contributed by atoms with Crippen LogP contribution in [0.4, 0.5) is 0 Å². The second-order valence-corrected chi connectivity index (χ2v) is 7.09. The minimum Gasteiger partial charge on any atom is -0.446 e. The lowest BCUT2D eigenvalue weighted by atomic mass is 9.96. The van der Waals surface area contributed by atoms with E-state index in [2.05, 4.69) is 4.90 Å². The predicted molar refractivity (Wildman–Crippen MR) is 113 cm³/mol. The Balaban J connectivity index is 0.00000280. The van der Waals surface area contributed by atoms with Crippen LogP contribution in [0.25, 0.3) is 0 Å². The summed E-state index contributed by atoms with van der Waals surface area (Å²) in [4.78, 5) is 27.6. The van der Waals surface area contributed by atoms with E-state index in [9.17, 15) is 9.59 Å². The topological polar surface area (TPSA) is 46.6 Å². The molecule has 2 aromatic rings. The Hall–Kier alpha value is -2.17. The van der Waals surface area contributed by atoms with Gasteiger partial charge in [-0.05, 0) is 37.8 Å². The molecule has 3 rings (SSSR count). The monoisotopic (exact) mass is 401 g/mol. The summed E-state index contributed by atoms with van der Waals surface area (Å²) in [6, 6.07) is 16.5. The SMILES string of the molecule is CCC(OC(=O)C(C)c1cccc(C(=O)c2ccccc2)c1)N1CCCC1.Cl. The zero-order valence-electron chi connectivity index (χ0n) is 16.5. The fraction of sp³-hybridized carbons (Fsp3) is 0.391. The molecule has 2 aromatic carbocycles. The lowest BCUT2D eigenvalue weighted by Gasteiger charge is -2.27. The van der Waals surface area contributed by atoms with Gasteiger partial charge in [0.2, 0.25) is 0 Å². The molecule has 2 unspecified atom stereocenters. The smallest absolute Gasteiger partial charge is 0.314 e. The molecule has 0 aliphatic carbocycles. The second-order valence-electron chi connectivity index (χ2n) is 7.09. The zero-order chi connectivity index (χ0) is 19.2. The average Bonchev–Trinajstić information content (AvgIpc) is 3.26. The number of nitrogens with zero attached hydrogens (tertiary/aromatic N) is 1. The number of ketones is 1. The first kappa shape index (κ1) is 22.1. The highest BCUT2D eigenvalue weighted by Crippen LogP contribution is 2.23. The molecule has 1 aliphatic heterocycles. The lowest BCUT2D eigenvalue weighted by Crippen LogP contribution is -2.37. The molecule has 150 valence electrons. The van der Waals surface area contributed by atoms with Crippen molar-refractivity contribution < 1.29 is 14.3 Å². The molecule has 2 atom stereocenters. The van der Waals surface area contributed by atoms with E-state index in [1.807, 2.05) is 44.2 Å². The van der Waals surface area contributed by atoms with Crippen LogP contribution in [0.3, 0.4) is 0 Å². The molecule has 0 aromatic heterocycles. The maximum absolute atomic E-state index is 12.7. The molecule has 1 fully saturated rings. The van der Waals surface area contributed by atoms with Crippen LogP contribution in [0.15, 0.2) is 54.6 Å². The second kappa shape index (κ2) is 10.4. The van der Waals surface area contributed by atoms with Crippen LogP contribution in [0.5, 0.6) is 0 Å². The number of halogens is 1. The molecule has 4 nitrogen and oxygen atoms in total. The van der Waals surface area contributed by atoms with Crippen molar-refractivity contribution in [1.29, 1.82) is 0 Å². The Morgan fingerprint density at radius 2 is 1.64 bits per heavy atom. The van der Waals surface area contributed by atoms with Crippen LogP contribution in [-0.4, -0.2) is 36.0 Å². The van der Waals surface area contributed by atoms with Crippen molar-refractivity contribution in [2.45, 2.75) is 45.3 Å². The van der Waals surface area contributed by atoms with Crippen LogP contribution in [0.2, 0.25) is 0 Å². The Labute approximate surface area is 173 Å². The molecule has 5 heteroatoms. The normalized spacial score (nSPS) is 16.1. The molecule has 0 spiro atoms. The number of esters is 1. The van der Waals surface area contributed by atoms with E-state index >= 15 is 0 Å². The molecule has 1 heterocycles. The van der Waals surface area contributed by atoms with E-state index in [1.54, 1.807) is 24.3 Å². The lowest BCUT2D eigenvalue weighted by molar-refractivity contribution is -0.160. The van der Waals surface area contributed by atoms with E-state index in [4.69, 9.17) is 4.74 Å². The average molecular weight is 402 g/mol. The summed E-state index contributed by atoms with van der Waals surface area (Å²) in [6.45, 7) is 5.85. The van der Waals surface area contributed by atoms with Gasteiger partial charge in [-0.1, -0.05) is 55.5 Å². The minimum atomic E-state index is -0.412. The molecule has 28 heavy (non-hydrogen) atoms. The third kappa shape index (κ3) is 5.21. The van der Waals surface area contributed by atoms with Gasteiger partial charge in [-0.3, -0.25) is 14.5 Å². The van der Waals surface area contributed by atoms with E-state index in [0.29, 0.717) is 11.1 Å². The Morgan fingerprint density at radius 1 is 1.00 bits per heavy atom. The highest BCUT2D eigenvalue weighted by atomic mass is 35.5. The summed E-state index contributed by atoms with van der Waals surface area (Å²) in [5.74, 6) is -0.690.